The normalized spacial score (nSPS) is 14.2. The molecular formula is C17H34. The third-order valence-corrected chi connectivity index (χ3v) is 5.06. The molecule has 0 amide bonds. The fourth-order valence-electron chi connectivity index (χ4n) is 2.78. The van der Waals surface area contributed by atoms with Crippen molar-refractivity contribution in [2.24, 2.45) is 10.8 Å². The van der Waals surface area contributed by atoms with Crippen molar-refractivity contribution >= 4 is 0 Å². The predicted molar refractivity (Wildman–Crippen MR) is 80.4 cm³/mol. The Morgan fingerprint density at radius 1 is 0.941 bits per heavy atom. The maximum absolute atomic E-state index is 2.39. The van der Waals surface area contributed by atoms with Crippen molar-refractivity contribution in [3.05, 3.63) is 11.6 Å². The SMILES string of the molecule is CC=C(C)C(C)(C)CCC(CC)(CC)CCC. The fraction of sp³-hybridized carbons (Fsp3) is 0.882. The molecule has 0 saturated carbocycles. The van der Waals surface area contributed by atoms with Gasteiger partial charge in [-0.3, -0.25) is 0 Å². The molecule has 0 aromatic carbocycles. The van der Waals surface area contributed by atoms with E-state index in [9.17, 15) is 0 Å². The van der Waals surface area contributed by atoms with Crippen molar-refractivity contribution < 1.29 is 0 Å². The first-order valence-corrected chi connectivity index (χ1v) is 7.51. The van der Waals surface area contributed by atoms with Crippen LogP contribution in [0.3, 0.4) is 0 Å². The van der Waals surface area contributed by atoms with Gasteiger partial charge in [0.1, 0.15) is 0 Å². The number of rotatable bonds is 8. The van der Waals surface area contributed by atoms with E-state index in [4.69, 9.17) is 0 Å². The maximum atomic E-state index is 2.39. The van der Waals surface area contributed by atoms with E-state index in [1.807, 2.05) is 0 Å². The molecule has 0 fully saturated rings. The highest BCUT2D eigenvalue weighted by Crippen LogP contribution is 2.42. The molecule has 102 valence electrons. The van der Waals surface area contributed by atoms with Crippen molar-refractivity contribution in [2.45, 2.75) is 87.0 Å². The van der Waals surface area contributed by atoms with Gasteiger partial charge in [0.15, 0.2) is 0 Å². The Balaban J connectivity index is 4.60. The molecule has 0 radical (unpaired) electrons. The highest BCUT2D eigenvalue weighted by atomic mass is 14.3. The molecule has 0 aliphatic rings. The molecule has 0 rings (SSSR count). The van der Waals surface area contributed by atoms with Crippen molar-refractivity contribution in [2.75, 3.05) is 0 Å². The van der Waals surface area contributed by atoms with Gasteiger partial charge in [0.05, 0.1) is 0 Å². The van der Waals surface area contributed by atoms with Crippen LogP contribution < -0.4 is 0 Å². The van der Waals surface area contributed by atoms with Gasteiger partial charge in [0.2, 0.25) is 0 Å². The van der Waals surface area contributed by atoms with Crippen LogP contribution >= 0.6 is 0 Å². The largest absolute Gasteiger partial charge is 0.0882 e. The van der Waals surface area contributed by atoms with Crippen LogP contribution in [0, 0.1) is 10.8 Å². The molecule has 0 heterocycles. The molecule has 0 aromatic heterocycles. The fourth-order valence-corrected chi connectivity index (χ4v) is 2.78. The lowest BCUT2D eigenvalue weighted by molar-refractivity contribution is 0.183. The third kappa shape index (κ3) is 4.85. The van der Waals surface area contributed by atoms with E-state index in [1.165, 1.54) is 44.1 Å². The van der Waals surface area contributed by atoms with Gasteiger partial charge in [0.25, 0.3) is 0 Å². The maximum Gasteiger partial charge on any atom is -0.0147 e. The van der Waals surface area contributed by atoms with Gasteiger partial charge in [-0.2, -0.15) is 0 Å². The Labute approximate surface area is 110 Å². The summed E-state index contributed by atoms with van der Waals surface area (Å²) < 4.78 is 0. The van der Waals surface area contributed by atoms with E-state index in [2.05, 4.69) is 54.5 Å². The lowest BCUT2D eigenvalue weighted by Gasteiger charge is -2.36. The first kappa shape index (κ1) is 16.7. The second-order valence-corrected chi connectivity index (χ2v) is 6.31. The van der Waals surface area contributed by atoms with Crippen molar-refractivity contribution in [1.29, 1.82) is 0 Å². The van der Waals surface area contributed by atoms with E-state index < -0.39 is 0 Å². The van der Waals surface area contributed by atoms with Gasteiger partial charge in [-0.25, -0.2) is 0 Å². The Kier molecular flexibility index (Phi) is 7.13. The summed E-state index contributed by atoms with van der Waals surface area (Å²) in [5, 5.41) is 0. The van der Waals surface area contributed by atoms with Gasteiger partial charge < -0.3 is 0 Å². The highest BCUT2D eigenvalue weighted by molar-refractivity contribution is 5.07. The number of allylic oxidation sites excluding steroid dienone is 2. The van der Waals surface area contributed by atoms with E-state index in [0.717, 1.165) is 0 Å². The summed E-state index contributed by atoms with van der Waals surface area (Å²) in [5.74, 6) is 0. The minimum Gasteiger partial charge on any atom is -0.0882 e. The Bertz CT molecular complexity index is 228. The molecule has 0 unspecified atom stereocenters. The van der Waals surface area contributed by atoms with Gasteiger partial charge in [-0.15, -0.1) is 0 Å². The lowest BCUT2D eigenvalue weighted by Crippen LogP contribution is -2.23. The smallest absolute Gasteiger partial charge is 0.0147 e. The van der Waals surface area contributed by atoms with Crippen LogP contribution in [0.15, 0.2) is 11.6 Å². The molecular weight excluding hydrogens is 204 g/mol. The first-order valence-electron chi connectivity index (χ1n) is 7.51. The van der Waals surface area contributed by atoms with Crippen LogP contribution in [-0.2, 0) is 0 Å². The molecule has 0 N–H and O–H groups in total. The minimum atomic E-state index is 0.373. The molecule has 0 atom stereocenters. The van der Waals surface area contributed by atoms with Crippen LogP contribution in [0.5, 0.6) is 0 Å². The van der Waals surface area contributed by atoms with Crippen molar-refractivity contribution in [3.8, 4) is 0 Å². The van der Waals surface area contributed by atoms with Gasteiger partial charge in [0, 0.05) is 0 Å². The molecule has 17 heavy (non-hydrogen) atoms. The topological polar surface area (TPSA) is 0 Å². The highest BCUT2D eigenvalue weighted by Gasteiger charge is 2.29. The Hall–Kier alpha value is -0.260. The predicted octanol–water partition coefficient (Wildman–Crippen LogP) is 6.37. The molecule has 0 aliphatic heterocycles. The summed E-state index contributed by atoms with van der Waals surface area (Å²) in [6.07, 6.45) is 10.4. The second kappa shape index (κ2) is 7.24. The molecule has 0 nitrogen and oxygen atoms in total. The van der Waals surface area contributed by atoms with Crippen molar-refractivity contribution in [1.82, 2.24) is 0 Å². The van der Waals surface area contributed by atoms with E-state index in [1.54, 1.807) is 0 Å². The quantitative estimate of drug-likeness (QED) is 0.431. The summed E-state index contributed by atoms with van der Waals surface area (Å²) in [7, 11) is 0. The molecule has 0 spiro atoms. The zero-order valence-electron chi connectivity index (χ0n) is 13.3. The minimum absolute atomic E-state index is 0.373. The van der Waals surface area contributed by atoms with Crippen LogP contribution in [0.4, 0.5) is 0 Å². The van der Waals surface area contributed by atoms with Crippen LogP contribution in [-0.4, -0.2) is 0 Å². The van der Waals surface area contributed by atoms with Crippen LogP contribution in [0.1, 0.15) is 87.0 Å². The summed E-state index contributed by atoms with van der Waals surface area (Å²) >= 11 is 0. The zero-order chi connectivity index (χ0) is 13.5. The second-order valence-electron chi connectivity index (χ2n) is 6.31. The van der Waals surface area contributed by atoms with Gasteiger partial charge >= 0.3 is 0 Å². The Morgan fingerprint density at radius 2 is 1.47 bits per heavy atom. The van der Waals surface area contributed by atoms with E-state index >= 15 is 0 Å². The lowest BCUT2D eigenvalue weighted by atomic mass is 9.69. The standard InChI is InChI=1S/C17H34/c1-8-12-17(10-3,11-4)14-13-16(6,7)15(5)9-2/h9H,8,10-14H2,1-7H3. The zero-order valence-corrected chi connectivity index (χ0v) is 13.3. The van der Waals surface area contributed by atoms with Gasteiger partial charge in [-0.1, -0.05) is 65.5 Å². The van der Waals surface area contributed by atoms with Crippen molar-refractivity contribution in [3.63, 3.8) is 0 Å². The summed E-state index contributed by atoms with van der Waals surface area (Å²) in [5.41, 5.74) is 2.51. The molecule has 0 saturated heterocycles. The average Bonchev–Trinajstić information content (AvgIpc) is 2.33. The van der Waals surface area contributed by atoms with Crippen LogP contribution in [0.2, 0.25) is 0 Å². The molecule has 0 aromatic rings. The summed E-state index contributed by atoms with van der Waals surface area (Å²) in [4.78, 5) is 0. The average molecular weight is 238 g/mol. The van der Waals surface area contributed by atoms with E-state index in [0.29, 0.717) is 10.8 Å². The first-order chi connectivity index (χ1) is 7.87. The van der Waals surface area contributed by atoms with Crippen LogP contribution in [0.25, 0.3) is 0 Å². The molecule has 0 aliphatic carbocycles. The number of hydrogen-bond donors (Lipinski definition) is 0. The Morgan fingerprint density at radius 3 is 1.82 bits per heavy atom. The van der Waals surface area contributed by atoms with E-state index in [-0.39, 0.29) is 0 Å². The summed E-state index contributed by atoms with van der Waals surface area (Å²) in [6, 6.07) is 0. The third-order valence-electron chi connectivity index (χ3n) is 5.06. The number of hydrogen-bond acceptors (Lipinski definition) is 0. The summed E-state index contributed by atoms with van der Waals surface area (Å²) in [6.45, 7) is 16.3. The molecule has 0 heteroatoms. The molecule has 0 bridgehead atoms. The van der Waals surface area contributed by atoms with Gasteiger partial charge in [-0.05, 0) is 43.9 Å². The monoisotopic (exact) mass is 238 g/mol.